The number of amides is 2. The third-order valence-corrected chi connectivity index (χ3v) is 3.23. The molecule has 0 saturated carbocycles. The van der Waals surface area contributed by atoms with Crippen molar-refractivity contribution in [2.45, 2.75) is 32.9 Å². The molecule has 116 valence electrons. The van der Waals surface area contributed by atoms with Crippen LogP contribution in [-0.4, -0.2) is 35.2 Å². The van der Waals surface area contributed by atoms with Crippen molar-refractivity contribution < 1.29 is 19.4 Å². The van der Waals surface area contributed by atoms with Gasteiger partial charge in [-0.1, -0.05) is 20.3 Å². The van der Waals surface area contributed by atoms with Crippen LogP contribution in [0.3, 0.4) is 0 Å². The average molecular weight is 295 g/mol. The molecule has 0 spiro atoms. The molecule has 0 aliphatic heterocycles. The van der Waals surface area contributed by atoms with Gasteiger partial charge in [0.05, 0.1) is 7.11 Å². The number of urea groups is 1. The highest BCUT2D eigenvalue weighted by molar-refractivity contribution is 5.82. The van der Waals surface area contributed by atoms with Gasteiger partial charge in [-0.15, -0.1) is 0 Å². The number of carboxylic acid groups (broad SMARTS) is 1. The zero-order valence-corrected chi connectivity index (χ0v) is 12.4. The number of ether oxygens (including phenoxy) is 1. The third-order valence-electron chi connectivity index (χ3n) is 3.23. The van der Waals surface area contributed by atoms with Gasteiger partial charge in [0.2, 0.25) is 5.88 Å². The summed E-state index contributed by atoms with van der Waals surface area (Å²) < 4.78 is 4.99. The number of carboxylic acids is 1. The van der Waals surface area contributed by atoms with Crippen LogP contribution in [0.2, 0.25) is 0 Å². The van der Waals surface area contributed by atoms with Gasteiger partial charge in [0.15, 0.2) is 0 Å². The zero-order valence-electron chi connectivity index (χ0n) is 12.4. The zero-order chi connectivity index (χ0) is 15.8. The highest BCUT2D eigenvalue weighted by Crippen LogP contribution is 2.09. The van der Waals surface area contributed by atoms with Gasteiger partial charge in [-0.2, -0.15) is 0 Å². The molecule has 3 N–H and O–H groups in total. The maximum atomic E-state index is 11.8. The Balaban J connectivity index is 2.54. The van der Waals surface area contributed by atoms with Crippen LogP contribution >= 0.6 is 0 Å². The van der Waals surface area contributed by atoms with Gasteiger partial charge in [-0.3, -0.25) is 0 Å². The van der Waals surface area contributed by atoms with Crippen molar-refractivity contribution in [3.05, 3.63) is 23.9 Å². The molecule has 1 rings (SSSR count). The minimum Gasteiger partial charge on any atom is -0.481 e. The third kappa shape index (κ3) is 5.29. The van der Waals surface area contributed by atoms with Gasteiger partial charge in [0.25, 0.3) is 0 Å². The van der Waals surface area contributed by atoms with E-state index in [1.54, 1.807) is 25.3 Å². The number of rotatable bonds is 7. The predicted molar refractivity (Wildman–Crippen MR) is 77.0 cm³/mol. The van der Waals surface area contributed by atoms with E-state index >= 15 is 0 Å². The summed E-state index contributed by atoms with van der Waals surface area (Å²) in [5.41, 5.74) is 0.812. The molecular weight excluding hydrogens is 274 g/mol. The Morgan fingerprint density at radius 1 is 1.48 bits per heavy atom. The van der Waals surface area contributed by atoms with E-state index in [4.69, 9.17) is 9.84 Å². The molecule has 0 aliphatic carbocycles. The second-order valence-corrected chi connectivity index (χ2v) is 4.73. The number of aromatic nitrogens is 1. The first kappa shape index (κ1) is 16.7. The van der Waals surface area contributed by atoms with Crippen molar-refractivity contribution >= 4 is 12.0 Å². The van der Waals surface area contributed by atoms with Crippen molar-refractivity contribution in [1.82, 2.24) is 15.6 Å². The van der Waals surface area contributed by atoms with Crippen LogP contribution in [0.25, 0.3) is 0 Å². The Hall–Kier alpha value is -2.31. The van der Waals surface area contributed by atoms with E-state index in [9.17, 15) is 9.59 Å². The minimum atomic E-state index is -1.04. The Morgan fingerprint density at radius 2 is 2.19 bits per heavy atom. The van der Waals surface area contributed by atoms with Crippen molar-refractivity contribution in [1.29, 1.82) is 0 Å². The molecule has 2 atom stereocenters. The lowest BCUT2D eigenvalue weighted by Crippen LogP contribution is -2.48. The number of nitrogens with one attached hydrogen (secondary N) is 2. The molecular formula is C14H21N3O4. The molecule has 1 aromatic heterocycles. The number of hydrogen-bond donors (Lipinski definition) is 3. The largest absolute Gasteiger partial charge is 0.481 e. The molecule has 0 aromatic carbocycles. The summed E-state index contributed by atoms with van der Waals surface area (Å²) >= 11 is 0. The summed E-state index contributed by atoms with van der Waals surface area (Å²) in [6.45, 7) is 3.92. The summed E-state index contributed by atoms with van der Waals surface area (Å²) in [6.07, 6.45) is 2.24. The van der Waals surface area contributed by atoms with Crippen LogP contribution in [0.4, 0.5) is 4.79 Å². The average Bonchev–Trinajstić information content (AvgIpc) is 2.49. The normalized spacial score (nSPS) is 13.1. The molecule has 2 unspecified atom stereocenters. The van der Waals surface area contributed by atoms with Crippen molar-refractivity contribution in [2.24, 2.45) is 5.92 Å². The van der Waals surface area contributed by atoms with Gasteiger partial charge in [0.1, 0.15) is 6.04 Å². The summed E-state index contributed by atoms with van der Waals surface area (Å²) in [4.78, 5) is 26.9. The number of nitrogens with zero attached hydrogens (tertiary/aromatic N) is 1. The first-order chi connectivity index (χ1) is 9.97. The van der Waals surface area contributed by atoms with Gasteiger partial charge < -0.3 is 20.5 Å². The van der Waals surface area contributed by atoms with Gasteiger partial charge >= 0.3 is 12.0 Å². The standard InChI is InChI=1S/C14H21N3O4/c1-4-9(2)12(13(18)19)17-14(20)16-8-10-5-6-15-11(7-10)21-3/h5-7,9,12H,4,8H2,1-3H3,(H,18,19)(H2,16,17,20). The second-order valence-electron chi connectivity index (χ2n) is 4.73. The number of carbonyl (C=O) groups is 2. The van der Waals surface area contributed by atoms with Crippen LogP contribution < -0.4 is 15.4 Å². The minimum absolute atomic E-state index is 0.144. The molecule has 0 radical (unpaired) electrons. The molecule has 1 aromatic rings. The Kier molecular flexibility index (Phi) is 6.45. The Morgan fingerprint density at radius 3 is 2.76 bits per heavy atom. The molecule has 7 nitrogen and oxygen atoms in total. The maximum Gasteiger partial charge on any atom is 0.326 e. The lowest BCUT2D eigenvalue weighted by atomic mass is 9.99. The van der Waals surface area contributed by atoms with Crippen LogP contribution in [-0.2, 0) is 11.3 Å². The van der Waals surface area contributed by atoms with Crippen molar-refractivity contribution in [2.75, 3.05) is 7.11 Å². The van der Waals surface area contributed by atoms with E-state index in [-0.39, 0.29) is 12.5 Å². The molecule has 0 saturated heterocycles. The Labute approximate surface area is 123 Å². The topological polar surface area (TPSA) is 101 Å². The second kappa shape index (κ2) is 8.08. The van der Waals surface area contributed by atoms with E-state index in [0.717, 1.165) is 5.56 Å². The van der Waals surface area contributed by atoms with E-state index in [1.807, 2.05) is 6.92 Å². The van der Waals surface area contributed by atoms with Crippen LogP contribution in [0, 0.1) is 5.92 Å². The number of hydrogen-bond acceptors (Lipinski definition) is 4. The molecule has 2 amide bonds. The smallest absolute Gasteiger partial charge is 0.326 e. The van der Waals surface area contributed by atoms with E-state index in [0.29, 0.717) is 12.3 Å². The summed E-state index contributed by atoms with van der Waals surface area (Å²) in [6, 6.07) is 2.02. The molecule has 0 aliphatic rings. The van der Waals surface area contributed by atoms with Crippen molar-refractivity contribution in [3.63, 3.8) is 0 Å². The lowest BCUT2D eigenvalue weighted by Gasteiger charge is -2.20. The van der Waals surface area contributed by atoms with Crippen molar-refractivity contribution in [3.8, 4) is 5.88 Å². The fraction of sp³-hybridized carbons (Fsp3) is 0.500. The molecule has 21 heavy (non-hydrogen) atoms. The maximum absolute atomic E-state index is 11.8. The Bertz CT molecular complexity index is 493. The van der Waals surface area contributed by atoms with Gasteiger partial charge in [0, 0.05) is 18.8 Å². The van der Waals surface area contributed by atoms with E-state index in [1.165, 1.54) is 7.11 Å². The molecule has 0 fully saturated rings. The van der Waals surface area contributed by atoms with E-state index in [2.05, 4.69) is 15.6 Å². The van der Waals surface area contributed by atoms with Gasteiger partial charge in [-0.25, -0.2) is 14.6 Å². The van der Waals surface area contributed by atoms with Crippen LogP contribution in [0.15, 0.2) is 18.3 Å². The highest BCUT2D eigenvalue weighted by atomic mass is 16.5. The highest BCUT2D eigenvalue weighted by Gasteiger charge is 2.25. The first-order valence-electron chi connectivity index (χ1n) is 6.74. The van der Waals surface area contributed by atoms with Gasteiger partial charge in [-0.05, 0) is 17.5 Å². The first-order valence-corrected chi connectivity index (χ1v) is 6.74. The fourth-order valence-electron chi connectivity index (χ4n) is 1.73. The van der Waals surface area contributed by atoms with Crippen LogP contribution in [0.5, 0.6) is 5.88 Å². The number of aliphatic carboxylic acids is 1. The summed E-state index contributed by atoms with van der Waals surface area (Å²) in [5.74, 6) is -0.725. The predicted octanol–water partition coefficient (Wildman–Crippen LogP) is 1.39. The van der Waals surface area contributed by atoms with Crippen LogP contribution in [0.1, 0.15) is 25.8 Å². The fourth-order valence-corrected chi connectivity index (χ4v) is 1.73. The quantitative estimate of drug-likeness (QED) is 0.705. The summed E-state index contributed by atoms with van der Waals surface area (Å²) in [7, 11) is 1.51. The number of pyridine rings is 1. The molecule has 1 heterocycles. The number of methoxy groups -OCH3 is 1. The summed E-state index contributed by atoms with van der Waals surface area (Å²) in [5, 5.41) is 14.2. The monoisotopic (exact) mass is 295 g/mol. The molecule has 0 bridgehead atoms. The lowest BCUT2D eigenvalue weighted by molar-refractivity contribution is -0.140. The molecule has 7 heteroatoms. The number of carbonyl (C=O) groups excluding carboxylic acids is 1. The SMILES string of the molecule is CCC(C)C(NC(=O)NCc1ccnc(OC)c1)C(=O)O. The van der Waals surface area contributed by atoms with E-state index < -0.39 is 18.0 Å².